The maximum Gasteiger partial charge on any atom is 0.386 e. The average Bonchev–Trinajstić information content (AvgIpc) is 2.87. The Labute approximate surface area is 213 Å². The Bertz CT molecular complexity index is 971. The second-order valence-corrected chi connectivity index (χ2v) is 11.2. The fourth-order valence-corrected chi connectivity index (χ4v) is 6.20. The second-order valence-electron chi connectivity index (χ2n) is 11.2. The first kappa shape index (κ1) is 27.2. The van der Waals surface area contributed by atoms with Gasteiger partial charge in [0.05, 0.1) is 12.2 Å². The highest BCUT2D eigenvalue weighted by Crippen LogP contribution is 2.41. The van der Waals surface area contributed by atoms with Gasteiger partial charge in [0.1, 0.15) is 0 Å². The van der Waals surface area contributed by atoms with Gasteiger partial charge in [-0.3, -0.25) is 0 Å². The lowest BCUT2D eigenvalue weighted by atomic mass is 9.77. The third-order valence-electron chi connectivity index (χ3n) is 8.55. The van der Waals surface area contributed by atoms with Gasteiger partial charge >= 0.3 is 6.11 Å². The molecule has 0 saturated heterocycles. The topological polar surface area (TPSA) is 9.23 Å². The summed E-state index contributed by atoms with van der Waals surface area (Å²) in [4.78, 5) is 0. The highest BCUT2D eigenvalue weighted by Gasteiger charge is 2.38. The summed E-state index contributed by atoms with van der Waals surface area (Å²) in [5.41, 5.74) is 1.38. The van der Waals surface area contributed by atoms with E-state index in [-0.39, 0.29) is 24.5 Å². The second kappa shape index (κ2) is 12.1. The van der Waals surface area contributed by atoms with Gasteiger partial charge in [-0.05, 0) is 91.4 Å². The highest BCUT2D eigenvalue weighted by atomic mass is 19.3. The molecule has 0 N–H and O–H groups in total. The zero-order valence-electron chi connectivity index (χ0n) is 21.7. The van der Waals surface area contributed by atoms with Crippen molar-refractivity contribution in [2.24, 2.45) is 11.8 Å². The molecule has 0 bridgehead atoms. The first-order chi connectivity index (χ1) is 17.3. The molecule has 2 saturated carbocycles. The molecule has 198 valence electrons. The average molecular weight is 505 g/mol. The normalized spacial score (nSPS) is 25.2. The van der Waals surface area contributed by atoms with E-state index < -0.39 is 23.3 Å². The molecule has 1 nitrogen and oxygen atoms in total. The quantitative estimate of drug-likeness (QED) is 0.309. The van der Waals surface area contributed by atoms with Gasteiger partial charge in [-0.15, -0.1) is 0 Å². The van der Waals surface area contributed by atoms with Crippen molar-refractivity contribution in [3.05, 3.63) is 70.3 Å². The lowest BCUT2D eigenvalue weighted by molar-refractivity contribution is -0.249. The molecule has 0 heterocycles. The van der Waals surface area contributed by atoms with Gasteiger partial charge in [0.25, 0.3) is 0 Å². The molecule has 0 atom stereocenters. The number of ether oxygens (including phenoxy) is 1. The van der Waals surface area contributed by atoms with Crippen LogP contribution in [0.15, 0.2) is 36.4 Å². The number of rotatable bonds is 9. The molecule has 36 heavy (non-hydrogen) atoms. The van der Waals surface area contributed by atoms with Crippen LogP contribution in [0.1, 0.15) is 112 Å². The fourth-order valence-electron chi connectivity index (χ4n) is 6.20. The van der Waals surface area contributed by atoms with Gasteiger partial charge in [0, 0.05) is 0 Å². The van der Waals surface area contributed by atoms with Crippen LogP contribution in [0.2, 0.25) is 0 Å². The van der Waals surface area contributed by atoms with Crippen molar-refractivity contribution in [2.45, 2.75) is 102 Å². The zero-order valence-corrected chi connectivity index (χ0v) is 21.7. The number of alkyl halides is 2. The molecule has 2 aliphatic carbocycles. The number of benzene rings is 2. The summed E-state index contributed by atoms with van der Waals surface area (Å²) < 4.78 is 63.9. The minimum absolute atomic E-state index is 0.115. The van der Waals surface area contributed by atoms with E-state index in [4.69, 9.17) is 4.74 Å². The smallest absolute Gasteiger partial charge is 0.316 e. The first-order valence-electron chi connectivity index (χ1n) is 13.9. The Morgan fingerprint density at radius 1 is 0.806 bits per heavy atom. The molecular weight excluding hydrogens is 464 g/mol. The van der Waals surface area contributed by atoms with Gasteiger partial charge in [-0.2, -0.15) is 8.78 Å². The fraction of sp³-hybridized carbons (Fsp3) is 0.613. The van der Waals surface area contributed by atoms with E-state index in [1.54, 1.807) is 0 Å². The van der Waals surface area contributed by atoms with Crippen LogP contribution < -0.4 is 0 Å². The van der Waals surface area contributed by atoms with Crippen LogP contribution in [0.4, 0.5) is 17.6 Å². The van der Waals surface area contributed by atoms with Crippen molar-refractivity contribution in [1.82, 2.24) is 0 Å². The Morgan fingerprint density at radius 2 is 1.44 bits per heavy atom. The van der Waals surface area contributed by atoms with Gasteiger partial charge < -0.3 is 4.74 Å². The summed E-state index contributed by atoms with van der Waals surface area (Å²) >= 11 is 0. The van der Waals surface area contributed by atoms with E-state index in [2.05, 4.69) is 26.0 Å². The lowest BCUT2D eigenvalue weighted by Gasteiger charge is -2.29. The molecule has 0 spiro atoms. The molecule has 0 aliphatic heterocycles. The van der Waals surface area contributed by atoms with Crippen LogP contribution >= 0.6 is 0 Å². The zero-order chi connectivity index (χ0) is 25.7. The summed E-state index contributed by atoms with van der Waals surface area (Å²) in [5.74, 6) is -0.760. The van der Waals surface area contributed by atoms with E-state index in [0.717, 1.165) is 56.1 Å². The third-order valence-corrected chi connectivity index (χ3v) is 8.55. The molecular formula is C31H40F4O. The van der Waals surface area contributed by atoms with Crippen molar-refractivity contribution in [1.29, 1.82) is 0 Å². The molecule has 5 heteroatoms. The van der Waals surface area contributed by atoms with E-state index in [1.165, 1.54) is 37.3 Å². The first-order valence-corrected chi connectivity index (χ1v) is 13.9. The van der Waals surface area contributed by atoms with Crippen molar-refractivity contribution in [2.75, 3.05) is 6.61 Å². The lowest BCUT2D eigenvalue weighted by Crippen LogP contribution is -2.23. The molecule has 4 rings (SSSR count). The summed E-state index contributed by atoms with van der Waals surface area (Å²) in [6.45, 7) is 4.16. The van der Waals surface area contributed by atoms with E-state index >= 15 is 0 Å². The van der Waals surface area contributed by atoms with Crippen LogP contribution in [0.25, 0.3) is 0 Å². The van der Waals surface area contributed by atoms with Crippen LogP contribution in [0.5, 0.6) is 0 Å². The molecule has 2 aromatic rings. The minimum Gasteiger partial charge on any atom is -0.316 e. The summed E-state index contributed by atoms with van der Waals surface area (Å²) in [5, 5.41) is 0. The van der Waals surface area contributed by atoms with Crippen LogP contribution in [0.3, 0.4) is 0 Å². The van der Waals surface area contributed by atoms with Crippen LogP contribution in [-0.4, -0.2) is 6.61 Å². The molecule has 2 aliphatic rings. The highest BCUT2D eigenvalue weighted by molar-refractivity contribution is 5.31. The molecule has 2 fully saturated rings. The Hall–Kier alpha value is -1.88. The predicted octanol–water partition coefficient (Wildman–Crippen LogP) is 9.64. The van der Waals surface area contributed by atoms with E-state index in [0.29, 0.717) is 11.8 Å². The van der Waals surface area contributed by atoms with Crippen LogP contribution in [0, 0.1) is 23.5 Å². The third kappa shape index (κ3) is 6.51. The van der Waals surface area contributed by atoms with Crippen molar-refractivity contribution in [3.8, 4) is 0 Å². The number of hydrogen-bond donors (Lipinski definition) is 0. The Balaban J connectivity index is 1.32. The maximum absolute atomic E-state index is 14.9. The van der Waals surface area contributed by atoms with Crippen molar-refractivity contribution < 1.29 is 22.3 Å². The largest absolute Gasteiger partial charge is 0.386 e. The monoisotopic (exact) mass is 504 g/mol. The number of halogens is 4. The standard InChI is InChI=1S/C31H40F4O/c1-3-4-22-9-15-26(16-10-22)27-17-18-28(30(33)29(27)32)31(34,35)36-20-19-23-7-13-25(14-8-23)24-11-5-21(2)6-12-24/h7-8,13-14,17-18,21-22,24,26H,3-6,9-12,15-16,19-20H2,1-2H3. The van der Waals surface area contributed by atoms with Crippen molar-refractivity contribution in [3.63, 3.8) is 0 Å². The van der Waals surface area contributed by atoms with E-state index in [9.17, 15) is 17.6 Å². The molecule has 2 aromatic carbocycles. The molecule has 0 amide bonds. The van der Waals surface area contributed by atoms with Crippen LogP contribution in [-0.2, 0) is 17.3 Å². The van der Waals surface area contributed by atoms with Gasteiger partial charge in [0.15, 0.2) is 11.6 Å². The summed E-state index contributed by atoms with van der Waals surface area (Å²) in [7, 11) is 0. The van der Waals surface area contributed by atoms with Gasteiger partial charge in [-0.25, -0.2) is 8.78 Å². The predicted molar refractivity (Wildman–Crippen MR) is 136 cm³/mol. The minimum atomic E-state index is -3.89. The van der Waals surface area contributed by atoms with E-state index in [1.807, 2.05) is 12.1 Å². The Morgan fingerprint density at radius 3 is 2.08 bits per heavy atom. The summed E-state index contributed by atoms with van der Waals surface area (Å²) in [6.07, 6.45) is 7.01. The van der Waals surface area contributed by atoms with Gasteiger partial charge in [-0.1, -0.05) is 69.9 Å². The summed E-state index contributed by atoms with van der Waals surface area (Å²) in [6, 6.07) is 10.4. The number of hydrogen-bond acceptors (Lipinski definition) is 1. The Kier molecular flexibility index (Phi) is 9.14. The SMILES string of the molecule is CCCC1CCC(c2ccc(C(F)(F)OCCc3ccc(C4CCC(C)CC4)cc3)c(F)c2F)CC1. The van der Waals surface area contributed by atoms with Gasteiger partial charge in [0.2, 0.25) is 0 Å². The molecule has 0 unspecified atom stereocenters. The molecule has 0 aromatic heterocycles. The van der Waals surface area contributed by atoms with Crippen molar-refractivity contribution >= 4 is 0 Å². The maximum atomic E-state index is 14.9. The molecule has 0 radical (unpaired) electrons.